The summed E-state index contributed by atoms with van der Waals surface area (Å²) in [6, 6.07) is 0. The van der Waals surface area contributed by atoms with Crippen LogP contribution in [0.1, 0.15) is 6.42 Å². The van der Waals surface area contributed by atoms with Gasteiger partial charge < -0.3 is 10.0 Å². The summed E-state index contributed by atoms with van der Waals surface area (Å²) in [5.41, 5.74) is 1.82. The number of rotatable bonds is 2. The maximum Gasteiger partial charge on any atom is 0.344 e. The lowest BCUT2D eigenvalue weighted by molar-refractivity contribution is -0.131. The van der Waals surface area contributed by atoms with Gasteiger partial charge in [-0.25, -0.2) is 4.79 Å². The molecule has 0 amide bonds. The number of aliphatic carboxylic acids is 1. The summed E-state index contributed by atoms with van der Waals surface area (Å²) in [5.74, 6) is -0.863. The normalized spacial score (nSPS) is 21.3. The van der Waals surface area contributed by atoms with E-state index in [2.05, 4.69) is 4.99 Å². The number of halogens is 1. The van der Waals surface area contributed by atoms with E-state index in [1.807, 2.05) is 23.1 Å². The summed E-state index contributed by atoms with van der Waals surface area (Å²) in [7, 11) is 0. The van der Waals surface area contributed by atoms with E-state index in [1.165, 1.54) is 11.8 Å². The van der Waals surface area contributed by atoms with E-state index >= 15 is 0 Å². The van der Waals surface area contributed by atoms with E-state index in [1.54, 1.807) is 0 Å². The third kappa shape index (κ3) is 1.89. The second kappa shape index (κ2) is 4.58. The first kappa shape index (κ1) is 12.3. The third-order valence-electron chi connectivity index (χ3n) is 2.72. The van der Waals surface area contributed by atoms with Crippen molar-refractivity contribution < 1.29 is 9.90 Å². The van der Waals surface area contributed by atoms with Crippen LogP contribution in [-0.4, -0.2) is 34.2 Å². The molecule has 0 bridgehead atoms. The molecule has 0 aromatic heterocycles. The Morgan fingerprint density at radius 3 is 2.88 bits per heavy atom. The van der Waals surface area contributed by atoms with Crippen molar-refractivity contribution in [1.29, 1.82) is 0 Å². The topological polar surface area (TPSA) is 52.9 Å². The van der Waals surface area contributed by atoms with E-state index in [0.717, 1.165) is 35.9 Å². The number of thioether (sulfide) groups is 1. The minimum Gasteiger partial charge on any atom is -0.477 e. The van der Waals surface area contributed by atoms with Gasteiger partial charge in [0.2, 0.25) is 0 Å². The van der Waals surface area contributed by atoms with Crippen LogP contribution in [0.4, 0.5) is 0 Å². The fourth-order valence-corrected chi connectivity index (χ4v) is 2.97. The highest BCUT2D eigenvalue weighted by Crippen LogP contribution is 2.41. The van der Waals surface area contributed by atoms with Crippen LogP contribution >= 0.6 is 24.2 Å². The van der Waals surface area contributed by atoms with Crippen molar-refractivity contribution in [2.45, 2.75) is 6.42 Å². The second-order valence-corrected chi connectivity index (χ2v) is 4.71. The Labute approximate surface area is 109 Å². The maximum atomic E-state index is 11.2. The minimum atomic E-state index is -0.863. The van der Waals surface area contributed by atoms with Crippen LogP contribution in [0.3, 0.4) is 0 Å². The van der Waals surface area contributed by atoms with Crippen molar-refractivity contribution in [3.05, 3.63) is 34.4 Å². The largest absolute Gasteiger partial charge is 0.477 e. The molecule has 2 heterocycles. The van der Waals surface area contributed by atoms with Gasteiger partial charge in [-0.1, -0.05) is 18.2 Å². The summed E-state index contributed by atoms with van der Waals surface area (Å²) in [4.78, 5) is 18.0. The van der Waals surface area contributed by atoms with Crippen molar-refractivity contribution in [2.24, 2.45) is 4.99 Å². The van der Waals surface area contributed by atoms with Gasteiger partial charge >= 0.3 is 5.97 Å². The van der Waals surface area contributed by atoms with Crippen LogP contribution in [-0.2, 0) is 4.79 Å². The fraction of sp³-hybridized carbons (Fsp3) is 0.273. The molecule has 4 nitrogen and oxygen atoms in total. The molecular weight excluding hydrogens is 260 g/mol. The summed E-state index contributed by atoms with van der Waals surface area (Å²) in [6.07, 6.45) is 6.79. The van der Waals surface area contributed by atoms with Gasteiger partial charge in [0.15, 0.2) is 5.17 Å². The number of fused-ring (bicyclic) bond motifs is 1. The van der Waals surface area contributed by atoms with E-state index < -0.39 is 5.97 Å². The molecule has 0 aromatic rings. The van der Waals surface area contributed by atoms with Gasteiger partial charge in [-0.3, -0.25) is 4.99 Å². The molecule has 0 saturated carbocycles. The van der Waals surface area contributed by atoms with Crippen LogP contribution in [0.15, 0.2) is 39.4 Å². The number of amidine groups is 1. The molecule has 17 heavy (non-hydrogen) atoms. The summed E-state index contributed by atoms with van der Waals surface area (Å²) in [5, 5.41) is 10.0. The van der Waals surface area contributed by atoms with E-state index in [4.69, 9.17) is 0 Å². The lowest BCUT2D eigenvalue weighted by Crippen LogP contribution is -2.30. The number of carbonyl (C=O) groups is 1. The Bertz CT molecular complexity index is 494. The molecule has 0 spiro atoms. The first-order chi connectivity index (χ1) is 7.77. The predicted molar refractivity (Wildman–Crippen MR) is 70.3 cm³/mol. The molecule has 0 radical (unpaired) electrons. The van der Waals surface area contributed by atoms with Crippen molar-refractivity contribution in [3.63, 3.8) is 0 Å². The summed E-state index contributed by atoms with van der Waals surface area (Å²) >= 11 is 1.27. The minimum absolute atomic E-state index is 0. The van der Waals surface area contributed by atoms with Crippen LogP contribution in [0.2, 0.25) is 0 Å². The highest BCUT2D eigenvalue weighted by Gasteiger charge is 2.35. The molecule has 1 aliphatic carbocycles. The van der Waals surface area contributed by atoms with Crippen molar-refractivity contribution in [2.75, 3.05) is 13.1 Å². The predicted octanol–water partition coefficient (Wildman–Crippen LogP) is 2.01. The SMILES string of the molecule is Cl.O=C(O)C1=C(C2=CC=C2)N2CCCN=C2S1. The Morgan fingerprint density at radius 1 is 1.53 bits per heavy atom. The van der Waals surface area contributed by atoms with Gasteiger partial charge in [0.1, 0.15) is 4.91 Å². The lowest BCUT2D eigenvalue weighted by atomic mass is 10.0. The van der Waals surface area contributed by atoms with Gasteiger partial charge in [0.05, 0.1) is 5.70 Å². The average molecular weight is 271 g/mol. The summed E-state index contributed by atoms with van der Waals surface area (Å²) < 4.78 is 0. The van der Waals surface area contributed by atoms with E-state index in [0.29, 0.717) is 4.91 Å². The number of hydrogen-bond acceptors (Lipinski definition) is 4. The zero-order chi connectivity index (χ0) is 11.1. The molecule has 6 heteroatoms. The molecule has 0 aromatic carbocycles. The van der Waals surface area contributed by atoms with Gasteiger partial charge in [-0.2, -0.15) is 0 Å². The van der Waals surface area contributed by atoms with Crippen LogP contribution < -0.4 is 0 Å². The number of aliphatic imine (C=N–C) groups is 1. The standard InChI is InChI=1S/C11H10N2O2S.ClH/c14-10(15)9-8(7-3-1-4-7)13-6-2-5-12-11(13)16-9;/h1,3-4H,2,5-6H2,(H,14,15);1H. The van der Waals surface area contributed by atoms with Crippen molar-refractivity contribution >= 4 is 35.3 Å². The average Bonchev–Trinajstić information content (AvgIpc) is 2.56. The Morgan fingerprint density at radius 2 is 2.29 bits per heavy atom. The number of carboxylic acid groups (broad SMARTS) is 1. The molecule has 90 valence electrons. The van der Waals surface area contributed by atoms with Crippen molar-refractivity contribution in [3.8, 4) is 0 Å². The Kier molecular flexibility index (Phi) is 3.31. The zero-order valence-electron chi connectivity index (χ0n) is 8.92. The highest BCUT2D eigenvalue weighted by atomic mass is 35.5. The zero-order valence-corrected chi connectivity index (χ0v) is 10.6. The van der Waals surface area contributed by atoms with Crippen LogP contribution in [0.25, 0.3) is 0 Å². The van der Waals surface area contributed by atoms with E-state index in [9.17, 15) is 9.90 Å². The number of hydrogen-bond donors (Lipinski definition) is 1. The van der Waals surface area contributed by atoms with Crippen molar-refractivity contribution in [1.82, 2.24) is 4.90 Å². The Balaban J connectivity index is 0.00000108. The Hall–Kier alpha value is -1.20. The number of allylic oxidation sites excluding steroid dienone is 3. The summed E-state index contributed by atoms with van der Waals surface area (Å²) in [6.45, 7) is 1.66. The molecule has 0 fully saturated rings. The third-order valence-corrected chi connectivity index (χ3v) is 3.82. The lowest BCUT2D eigenvalue weighted by Gasteiger charge is -2.26. The van der Waals surface area contributed by atoms with Crippen LogP contribution in [0.5, 0.6) is 0 Å². The van der Waals surface area contributed by atoms with Crippen LogP contribution in [0, 0.1) is 0 Å². The number of carboxylic acids is 1. The van der Waals surface area contributed by atoms with Gasteiger partial charge in [-0.15, -0.1) is 12.4 Å². The molecular formula is C11H11ClN2O2S. The van der Waals surface area contributed by atoms with E-state index in [-0.39, 0.29) is 12.4 Å². The molecule has 0 unspecified atom stereocenters. The maximum absolute atomic E-state index is 11.2. The molecule has 3 rings (SSSR count). The van der Waals surface area contributed by atoms with Gasteiger partial charge in [0.25, 0.3) is 0 Å². The fourth-order valence-electron chi connectivity index (χ4n) is 1.92. The first-order valence-corrected chi connectivity index (χ1v) is 5.95. The highest BCUT2D eigenvalue weighted by molar-refractivity contribution is 8.18. The monoisotopic (exact) mass is 270 g/mol. The molecule has 0 atom stereocenters. The molecule has 1 N–H and O–H groups in total. The second-order valence-electron chi connectivity index (χ2n) is 3.74. The smallest absolute Gasteiger partial charge is 0.344 e. The molecule has 0 saturated heterocycles. The molecule has 2 aliphatic heterocycles. The number of nitrogens with zero attached hydrogens (tertiary/aromatic N) is 2. The molecule has 3 aliphatic rings. The van der Waals surface area contributed by atoms with Gasteiger partial charge in [-0.05, 0) is 23.8 Å². The van der Waals surface area contributed by atoms with Gasteiger partial charge in [0, 0.05) is 13.1 Å². The first-order valence-electron chi connectivity index (χ1n) is 5.13. The quantitative estimate of drug-likeness (QED) is 0.834.